The predicted octanol–water partition coefficient (Wildman–Crippen LogP) is -0.982. The Labute approximate surface area is 118 Å². The number of sulfonamides is 1. The van der Waals surface area contributed by atoms with E-state index in [1.54, 1.807) is 4.90 Å². The molecular weight excluding hydrogens is 288 g/mol. The van der Waals surface area contributed by atoms with E-state index in [0.29, 0.717) is 26.3 Å². The van der Waals surface area contributed by atoms with Crippen molar-refractivity contribution in [3.05, 3.63) is 0 Å². The van der Waals surface area contributed by atoms with Gasteiger partial charge in [-0.2, -0.15) is 0 Å². The molecule has 0 bridgehead atoms. The molecule has 0 aliphatic carbocycles. The van der Waals surface area contributed by atoms with Crippen molar-refractivity contribution in [2.45, 2.75) is 25.8 Å². The molecule has 0 aromatic rings. The highest BCUT2D eigenvalue weighted by molar-refractivity contribution is 7.89. The van der Waals surface area contributed by atoms with Crippen LogP contribution in [0.1, 0.15) is 19.8 Å². The smallest absolute Gasteiger partial charge is 0.303 e. The first-order valence-electron chi connectivity index (χ1n) is 6.40. The Hall–Kier alpha value is -1.19. The average Bonchev–Trinajstić information content (AvgIpc) is 2.37. The largest absolute Gasteiger partial charge is 0.481 e. The summed E-state index contributed by atoms with van der Waals surface area (Å²) in [5.41, 5.74) is 0. The predicted molar refractivity (Wildman–Crippen MR) is 70.7 cm³/mol. The van der Waals surface area contributed by atoms with E-state index in [0.717, 1.165) is 0 Å². The molecule has 0 saturated carbocycles. The number of hydrogen-bond acceptors (Lipinski definition) is 5. The topological polar surface area (TPSA) is 113 Å². The molecule has 0 aromatic carbocycles. The normalized spacial score (nSPS) is 17.8. The van der Waals surface area contributed by atoms with Gasteiger partial charge in [0.05, 0.1) is 25.0 Å². The van der Waals surface area contributed by atoms with Gasteiger partial charge in [0.15, 0.2) is 0 Å². The molecular formula is C11H20N2O6S. The number of aliphatic carboxylic acids is 1. The number of carboxylic acid groups (broad SMARTS) is 1. The van der Waals surface area contributed by atoms with Crippen LogP contribution in [-0.4, -0.2) is 68.4 Å². The molecule has 20 heavy (non-hydrogen) atoms. The van der Waals surface area contributed by atoms with E-state index in [1.807, 2.05) is 0 Å². The van der Waals surface area contributed by atoms with Crippen molar-refractivity contribution in [1.82, 2.24) is 9.62 Å². The standard InChI is InChI=1S/C11H20N2O6S/c1-9(11(16)13-4-6-19-7-5-13)12-20(17,18)8-2-3-10(14)15/h9,12H,2-8H2,1H3,(H,14,15). The summed E-state index contributed by atoms with van der Waals surface area (Å²) in [7, 11) is -3.65. The molecule has 1 amide bonds. The SMILES string of the molecule is CC(NS(=O)(=O)CCCC(=O)O)C(=O)N1CCOCC1. The first kappa shape index (κ1) is 16.9. The summed E-state index contributed by atoms with van der Waals surface area (Å²) >= 11 is 0. The minimum absolute atomic E-state index is 0.0170. The third kappa shape index (κ3) is 5.85. The Morgan fingerprint density at radius 1 is 1.35 bits per heavy atom. The van der Waals surface area contributed by atoms with Gasteiger partial charge >= 0.3 is 5.97 Å². The van der Waals surface area contributed by atoms with Crippen molar-refractivity contribution in [2.24, 2.45) is 0 Å². The Morgan fingerprint density at radius 2 is 1.95 bits per heavy atom. The van der Waals surface area contributed by atoms with Gasteiger partial charge in [-0.1, -0.05) is 0 Å². The maximum atomic E-state index is 12.0. The van der Waals surface area contributed by atoms with E-state index in [-0.39, 0.29) is 24.5 Å². The zero-order valence-electron chi connectivity index (χ0n) is 11.4. The lowest BCUT2D eigenvalue weighted by Gasteiger charge is -2.29. The Bertz CT molecular complexity index is 444. The van der Waals surface area contributed by atoms with Crippen LogP contribution < -0.4 is 4.72 Å². The summed E-state index contributed by atoms with van der Waals surface area (Å²) in [6, 6.07) is -0.858. The average molecular weight is 308 g/mol. The van der Waals surface area contributed by atoms with Crippen LogP contribution in [-0.2, 0) is 24.3 Å². The van der Waals surface area contributed by atoms with Crippen molar-refractivity contribution in [3.63, 3.8) is 0 Å². The molecule has 116 valence electrons. The number of amides is 1. The van der Waals surface area contributed by atoms with Crippen molar-refractivity contribution in [1.29, 1.82) is 0 Å². The number of rotatable bonds is 7. The van der Waals surface area contributed by atoms with Gasteiger partial charge < -0.3 is 14.7 Å². The van der Waals surface area contributed by atoms with Crippen LogP contribution in [0.4, 0.5) is 0 Å². The maximum absolute atomic E-state index is 12.0. The molecule has 2 N–H and O–H groups in total. The lowest BCUT2D eigenvalue weighted by Crippen LogP contribution is -2.50. The molecule has 1 unspecified atom stereocenters. The van der Waals surface area contributed by atoms with Crippen molar-refractivity contribution in [2.75, 3.05) is 32.1 Å². The molecule has 1 heterocycles. The summed E-state index contributed by atoms with van der Waals surface area (Å²) in [4.78, 5) is 23.9. The minimum atomic E-state index is -3.65. The fourth-order valence-corrected chi connectivity index (χ4v) is 3.13. The number of ether oxygens (including phenoxy) is 1. The third-order valence-electron chi connectivity index (χ3n) is 2.85. The second-order valence-electron chi connectivity index (χ2n) is 4.59. The fraction of sp³-hybridized carbons (Fsp3) is 0.818. The number of nitrogens with one attached hydrogen (secondary N) is 1. The second kappa shape index (κ2) is 7.55. The van der Waals surface area contributed by atoms with Gasteiger partial charge in [0, 0.05) is 19.5 Å². The molecule has 1 aliphatic rings. The van der Waals surface area contributed by atoms with Gasteiger partial charge in [-0.15, -0.1) is 0 Å². The fourth-order valence-electron chi connectivity index (χ4n) is 1.85. The second-order valence-corrected chi connectivity index (χ2v) is 6.47. The maximum Gasteiger partial charge on any atom is 0.303 e. The van der Waals surface area contributed by atoms with Crippen molar-refractivity contribution in [3.8, 4) is 0 Å². The van der Waals surface area contributed by atoms with E-state index in [9.17, 15) is 18.0 Å². The van der Waals surface area contributed by atoms with Gasteiger partial charge in [0.1, 0.15) is 0 Å². The highest BCUT2D eigenvalue weighted by atomic mass is 32.2. The van der Waals surface area contributed by atoms with Crippen LogP contribution in [0.25, 0.3) is 0 Å². The molecule has 9 heteroatoms. The molecule has 1 atom stereocenters. The number of morpholine rings is 1. The molecule has 0 aromatic heterocycles. The third-order valence-corrected chi connectivity index (χ3v) is 4.39. The lowest BCUT2D eigenvalue weighted by atomic mass is 10.3. The summed E-state index contributed by atoms with van der Waals surface area (Å²) in [5.74, 6) is -1.65. The summed E-state index contributed by atoms with van der Waals surface area (Å²) in [6.07, 6.45) is -0.199. The Balaban J connectivity index is 2.44. The van der Waals surface area contributed by atoms with Gasteiger partial charge in [-0.25, -0.2) is 13.1 Å². The quantitative estimate of drug-likeness (QED) is 0.625. The number of nitrogens with zero attached hydrogens (tertiary/aromatic N) is 1. The highest BCUT2D eigenvalue weighted by Crippen LogP contribution is 2.03. The van der Waals surface area contributed by atoms with Gasteiger partial charge in [0.2, 0.25) is 15.9 Å². The van der Waals surface area contributed by atoms with Gasteiger partial charge in [-0.05, 0) is 13.3 Å². The lowest BCUT2D eigenvalue weighted by molar-refractivity contribution is -0.137. The van der Waals surface area contributed by atoms with E-state index in [2.05, 4.69) is 4.72 Å². The number of carboxylic acids is 1. The van der Waals surface area contributed by atoms with E-state index < -0.39 is 22.0 Å². The summed E-state index contributed by atoms with van der Waals surface area (Å²) in [6.45, 7) is 3.27. The highest BCUT2D eigenvalue weighted by Gasteiger charge is 2.25. The molecule has 1 fully saturated rings. The van der Waals surface area contributed by atoms with E-state index >= 15 is 0 Å². The first-order valence-corrected chi connectivity index (χ1v) is 8.05. The Morgan fingerprint density at radius 3 is 2.50 bits per heavy atom. The van der Waals surface area contributed by atoms with Crippen molar-refractivity contribution >= 4 is 21.9 Å². The number of carbonyl (C=O) groups excluding carboxylic acids is 1. The van der Waals surface area contributed by atoms with Crippen LogP contribution in [0.2, 0.25) is 0 Å². The molecule has 0 spiro atoms. The minimum Gasteiger partial charge on any atom is -0.481 e. The molecule has 1 saturated heterocycles. The van der Waals surface area contributed by atoms with E-state index in [4.69, 9.17) is 9.84 Å². The van der Waals surface area contributed by atoms with Crippen LogP contribution in [0.5, 0.6) is 0 Å². The molecule has 1 aliphatic heterocycles. The van der Waals surface area contributed by atoms with Crippen LogP contribution in [0, 0.1) is 0 Å². The van der Waals surface area contributed by atoms with Crippen LogP contribution in [0.3, 0.4) is 0 Å². The van der Waals surface area contributed by atoms with Crippen LogP contribution in [0.15, 0.2) is 0 Å². The monoisotopic (exact) mass is 308 g/mol. The molecule has 8 nitrogen and oxygen atoms in total. The van der Waals surface area contributed by atoms with Crippen LogP contribution >= 0.6 is 0 Å². The zero-order chi connectivity index (χ0) is 15.2. The zero-order valence-corrected chi connectivity index (χ0v) is 12.2. The number of carbonyl (C=O) groups is 2. The van der Waals surface area contributed by atoms with Gasteiger partial charge in [0.25, 0.3) is 0 Å². The molecule has 1 rings (SSSR count). The number of hydrogen-bond donors (Lipinski definition) is 2. The van der Waals surface area contributed by atoms with E-state index in [1.165, 1.54) is 6.92 Å². The van der Waals surface area contributed by atoms with Crippen molar-refractivity contribution < 1.29 is 27.9 Å². The Kier molecular flexibility index (Phi) is 6.37. The first-order chi connectivity index (χ1) is 9.32. The summed E-state index contributed by atoms with van der Waals surface area (Å²) in [5, 5.41) is 8.46. The summed E-state index contributed by atoms with van der Waals surface area (Å²) < 4.78 is 30.8. The van der Waals surface area contributed by atoms with Gasteiger partial charge in [-0.3, -0.25) is 9.59 Å². The molecule has 0 radical (unpaired) electrons.